The Morgan fingerprint density at radius 3 is 1.98 bits per heavy atom. The van der Waals surface area contributed by atoms with E-state index >= 15 is 0 Å². The highest BCUT2D eigenvalue weighted by atomic mass is 32.1. The minimum atomic E-state index is -0.579. The first-order valence-electron chi connectivity index (χ1n) is 20.8. The second-order valence-corrected chi connectivity index (χ2v) is 12.7. The van der Waals surface area contributed by atoms with Gasteiger partial charge in [-0.3, -0.25) is 0 Å². The van der Waals surface area contributed by atoms with Crippen LogP contribution in [0, 0.1) is 0 Å². The monoisotopic (exact) mass is 667 g/mol. The largest absolute Gasteiger partial charge is 0.455 e. The summed E-state index contributed by atoms with van der Waals surface area (Å²) >= 11 is 1.68. The molecule has 0 amide bonds. The van der Waals surface area contributed by atoms with Gasteiger partial charge in [0.15, 0.2) is 17.5 Å². The van der Waals surface area contributed by atoms with Crippen molar-refractivity contribution in [3.63, 3.8) is 0 Å². The molecule has 0 atom stereocenters. The maximum absolute atomic E-state index is 8.91. The molecule has 0 fully saturated rings. The molecule has 5 heteroatoms. The van der Waals surface area contributed by atoms with Crippen molar-refractivity contribution in [2.24, 2.45) is 0 Å². The van der Waals surface area contributed by atoms with Crippen molar-refractivity contribution < 1.29 is 18.1 Å². The summed E-state index contributed by atoms with van der Waals surface area (Å²) < 4.78 is 94.6. The number of furan rings is 1. The van der Waals surface area contributed by atoms with Crippen LogP contribution in [0.25, 0.3) is 98.5 Å². The zero-order valence-corrected chi connectivity index (χ0v) is 26.8. The number of hydrogen-bond donors (Lipinski definition) is 0. The molecule has 50 heavy (non-hydrogen) atoms. The molecule has 234 valence electrons. The smallest absolute Gasteiger partial charge is 0.164 e. The lowest BCUT2D eigenvalue weighted by molar-refractivity contribution is 0.670. The Balaban J connectivity index is 1.29. The third kappa shape index (κ3) is 4.79. The van der Waals surface area contributed by atoms with Crippen LogP contribution in [0.3, 0.4) is 0 Å². The molecule has 0 saturated carbocycles. The SMILES string of the molecule is [2H]c1c([2H])c([2H])c(-c2cc(-c3c([2H])c([2H])c([2H])c([2H])c3[2H])c3oc4cccc(-c5nc(-c6ccccc6)nc(-c6ccc7c(c6)sc6ccccc67)n5)c4c3c2)c([2H])c1[2H]. The minimum absolute atomic E-state index is 0.0754. The van der Waals surface area contributed by atoms with Gasteiger partial charge >= 0.3 is 0 Å². The summed E-state index contributed by atoms with van der Waals surface area (Å²) in [4.78, 5) is 15.0. The van der Waals surface area contributed by atoms with Crippen LogP contribution < -0.4 is 0 Å². The predicted octanol–water partition coefficient (Wildman–Crippen LogP) is 12.5. The molecule has 0 bridgehead atoms. The van der Waals surface area contributed by atoms with E-state index in [-0.39, 0.29) is 27.8 Å². The van der Waals surface area contributed by atoms with Gasteiger partial charge in [0.25, 0.3) is 0 Å². The van der Waals surface area contributed by atoms with Gasteiger partial charge in [0.2, 0.25) is 0 Å². The van der Waals surface area contributed by atoms with Crippen LogP contribution in [0.4, 0.5) is 0 Å². The predicted molar refractivity (Wildman–Crippen MR) is 207 cm³/mol. The molecule has 4 nitrogen and oxygen atoms in total. The quantitative estimate of drug-likeness (QED) is 0.183. The fraction of sp³-hybridized carbons (Fsp3) is 0. The summed E-state index contributed by atoms with van der Waals surface area (Å²) in [5.74, 6) is 1.13. The van der Waals surface area contributed by atoms with Crippen molar-refractivity contribution in [2.75, 3.05) is 0 Å². The van der Waals surface area contributed by atoms with E-state index in [2.05, 4.69) is 24.3 Å². The molecule has 0 spiro atoms. The Hall–Kier alpha value is -6.43. The molecule has 0 aliphatic heterocycles. The van der Waals surface area contributed by atoms with Crippen LogP contribution in [0.2, 0.25) is 0 Å². The first-order chi connectivity index (χ1) is 28.9. The molecular weight excluding hydrogens is 631 g/mol. The number of fused-ring (bicyclic) bond motifs is 6. The summed E-state index contributed by atoms with van der Waals surface area (Å²) in [6, 6.07) is 27.0. The van der Waals surface area contributed by atoms with Gasteiger partial charge in [0.05, 0.1) is 13.7 Å². The van der Waals surface area contributed by atoms with Crippen LogP contribution in [-0.4, -0.2) is 15.0 Å². The Morgan fingerprint density at radius 1 is 0.460 bits per heavy atom. The lowest BCUT2D eigenvalue weighted by atomic mass is 9.95. The Bertz CT molecular complexity index is 3400. The Labute approximate surface area is 306 Å². The highest BCUT2D eigenvalue weighted by Crippen LogP contribution is 2.43. The standard InChI is InChI=1S/C45H27N3OS/c1-4-13-28(14-5-1)32-25-36(29-15-6-2-7-16-29)42-37(26-32)41-35(20-12-21-38(41)49-42)45-47-43(30-17-8-3-9-18-30)46-44(48-45)31-23-24-34-33-19-10-11-22-39(33)50-40(34)27-31/h1-27H/i1D,2D,4D,5D,6D,7D,13D,14D,15D,16D. The third-order valence-corrected chi connectivity index (χ3v) is 9.83. The first-order valence-corrected chi connectivity index (χ1v) is 16.6. The van der Waals surface area contributed by atoms with E-state index in [9.17, 15) is 0 Å². The highest BCUT2D eigenvalue weighted by Gasteiger charge is 2.21. The zero-order chi connectivity index (χ0) is 41.7. The van der Waals surface area contributed by atoms with Gasteiger partial charge in [-0.2, -0.15) is 0 Å². The summed E-state index contributed by atoms with van der Waals surface area (Å²) in [7, 11) is 0. The highest BCUT2D eigenvalue weighted by molar-refractivity contribution is 7.25. The van der Waals surface area contributed by atoms with E-state index in [4.69, 9.17) is 33.1 Å². The van der Waals surface area contributed by atoms with Crippen LogP contribution in [-0.2, 0) is 0 Å². The number of thiophene rings is 1. The molecular formula is C45H27N3OS. The minimum Gasteiger partial charge on any atom is -0.455 e. The normalized spacial score (nSPS) is 14.4. The molecule has 10 aromatic rings. The number of rotatable bonds is 5. The second kappa shape index (κ2) is 11.6. The molecule has 7 aromatic carbocycles. The van der Waals surface area contributed by atoms with Crippen molar-refractivity contribution in [1.29, 1.82) is 0 Å². The van der Waals surface area contributed by atoms with Gasteiger partial charge in [0.1, 0.15) is 11.2 Å². The van der Waals surface area contributed by atoms with Gasteiger partial charge in [-0.05, 0) is 47.0 Å². The van der Waals surface area contributed by atoms with Crippen LogP contribution in [0.15, 0.2) is 168 Å². The molecule has 3 heterocycles. The number of nitrogens with zero attached hydrogens (tertiary/aromatic N) is 3. The molecule has 0 unspecified atom stereocenters. The van der Waals surface area contributed by atoms with E-state index in [0.29, 0.717) is 39.4 Å². The van der Waals surface area contributed by atoms with E-state index in [1.54, 1.807) is 29.5 Å². The van der Waals surface area contributed by atoms with Crippen molar-refractivity contribution in [2.45, 2.75) is 0 Å². The maximum atomic E-state index is 8.91. The average Bonchev–Trinajstić information content (AvgIpc) is 3.85. The van der Waals surface area contributed by atoms with E-state index in [1.807, 2.05) is 54.6 Å². The van der Waals surface area contributed by atoms with Crippen molar-refractivity contribution in [3.05, 3.63) is 164 Å². The fourth-order valence-electron chi connectivity index (χ4n) is 6.43. The van der Waals surface area contributed by atoms with Gasteiger partial charge in [0, 0.05) is 53.2 Å². The Morgan fingerprint density at radius 2 is 1.16 bits per heavy atom. The topological polar surface area (TPSA) is 51.8 Å². The molecule has 0 aliphatic rings. The lowest BCUT2D eigenvalue weighted by Gasteiger charge is -2.10. The van der Waals surface area contributed by atoms with Gasteiger partial charge in [-0.25, -0.2) is 15.0 Å². The van der Waals surface area contributed by atoms with Gasteiger partial charge in [-0.15, -0.1) is 11.3 Å². The van der Waals surface area contributed by atoms with Crippen LogP contribution in [0.5, 0.6) is 0 Å². The molecule has 3 aromatic heterocycles. The van der Waals surface area contributed by atoms with Crippen LogP contribution in [0.1, 0.15) is 13.7 Å². The summed E-state index contributed by atoms with van der Waals surface area (Å²) in [6.07, 6.45) is 0. The summed E-state index contributed by atoms with van der Waals surface area (Å²) in [5, 5.41) is 3.15. The van der Waals surface area contributed by atoms with Crippen molar-refractivity contribution in [1.82, 2.24) is 15.0 Å². The number of hydrogen-bond acceptors (Lipinski definition) is 5. The molecule has 0 radical (unpaired) electrons. The van der Waals surface area contributed by atoms with E-state index < -0.39 is 60.4 Å². The van der Waals surface area contributed by atoms with Crippen molar-refractivity contribution in [3.8, 4) is 56.4 Å². The van der Waals surface area contributed by atoms with Crippen molar-refractivity contribution >= 4 is 53.4 Å². The maximum Gasteiger partial charge on any atom is 0.164 e. The molecule has 0 saturated heterocycles. The Kier molecular flexibility index (Phi) is 4.69. The zero-order valence-electron chi connectivity index (χ0n) is 36.0. The fourth-order valence-corrected chi connectivity index (χ4v) is 7.58. The third-order valence-electron chi connectivity index (χ3n) is 8.70. The van der Waals surface area contributed by atoms with Gasteiger partial charge in [-0.1, -0.05) is 133 Å². The number of aromatic nitrogens is 3. The molecule has 0 N–H and O–H groups in total. The summed E-state index contributed by atoms with van der Waals surface area (Å²) in [5.41, 5.74) is 2.46. The van der Waals surface area contributed by atoms with E-state index in [0.717, 1.165) is 31.3 Å². The average molecular weight is 668 g/mol. The van der Waals surface area contributed by atoms with E-state index in [1.165, 1.54) is 6.07 Å². The van der Waals surface area contributed by atoms with Gasteiger partial charge < -0.3 is 4.42 Å². The second-order valence-electron chi connectivity index (χ2n) is 11.7. The summed E-state index contributed by atoms with van der Waals surface area (Å²) in [6.45, 7) is 0. The molecule has 0 aliphatic carbocycles. The molecule has 10 rings (SSSR count). The van der Waals surface area contributed by atoms with Crippen LogP contribution >= 0.6 is 11.3 Å². The number of benzene rings is 7. The first kappa shape index (κ1) is 20.2. The lowest BCUT2D eigenvalue weighted by Crippen LogP contribution is -2.00.